The standard InChI is InChI=1S/C12H27N3/c1-4-14(5-2)8-9-15-7-6-12(11-15)10-13-3/h12-13H,4-11H2,1-3H3. The average Bonchev–Trinajstić information content (AvgIpc) is 2.68. The molecular weight excluding hydrogens is 186 g/mol. The smallest absolute Gasteiger partial charge is 0.0109 e. The molecule has 0 bridgehead atoms. The minimum absolute atomic E-state index is 0.881. The third kappa shape index (κ3) is 4.49. The molecule has 1 heterocycles. The van der Waals surface area contributed by atoms with Gasteiger partial charge in [0.25, 0.3) is 0 Å². The lowest BCUT2D eigenvalue weighted by Crippen LogP contribution is -2.34. The number of nitrogens with zero attached hydrogens (tertiary/aromatic N) is 2. The van der Waals surface area contributed by atoms with Gasteiger partial charge in [0, 0.05) is 19.6 Å². The second-order valence-corrected chi connectivity index (χ2v) is 4.54. The summed E-state index contributed by atoms with van der Waals surface area (Å²) >= 11 is 0. The predicted octanol–water partition coefficient (Wildman–Crippen LogP) is 0.870. The van der Waals surface area contributed by atoms with E-state index in [4.69, 9.17) is 0 Å². The normalized spacial score (nSPS) is 22.8. The second-order valence-electron chi connectivity index (χ2n) is 4.54. The van der Waals surface area contributed by atoms with Crippen LogP contribution in [0.5, 0.6) is 0 Å². The lowest BCUT2D eigenvalue weighted by Gasteiger charge is -2.22. The fourth-order valence-corrected chi connectivity index (χ4v) is 2.39. The Balaban J connectivity index is 2.13. The van der Waals surface area contributed by atoms with Crippen molar-refractivity contribution >= 4 is 0 Å². The molecule has 0 radical (unpaired) electrons. The molecule has 15 heavy (non-hydrogen) atoms. The Labute approximate surface area is 94.8 Å². The summed E-state index contributed by atoms with van der Waals surface area (Å²) in [5.74, 6) is 0.881. The lowest BCUT2D eigenvalue weighted by atomic mass is 10.1. The summed E-state index contributed by atoms with van der Waals surface area (Å²) in [6.07, 6.45) is 1.37. The van der Waals surface area contributed by atoms with E-state index in [-0.39, 0.29) is 0 Å². The Morgan fingerprint density at radius 1 is 1.33 bits per heavy atom. The fraction of sp³-hybridized carbons (Fsp3) is 1.00. The summed E-state index contributed by atoms with van der Waals surface area (Å²) in [4.78, 5) is 5.12. The molecule has 1 atom stereocenters. The average molecular weight is 213 g/mol. The van der Waals surface area contributed by atoms with Crippen LogP contribution in [0.15, 0.2) is 0 Å². The SMILES string of the molecule is CCN(CC)CCN1CCC(CNC)C1. The third-order valence-corrected chi connectivity index (χ3v) is 3.49. The summed E-state index contributed by atoms with van der Waals surface area (Å²) in [5, 5.41) is 3.28. The van der Waals surface area contributed by atoms with Crippen LogP contribution in [0, 0.1) is 5.92 Å². The Bertz CT molecular complexity index is 157. The van der Waals surface area contributed by atoms with Gasteiger partial charge >= 0.3 is 0 Å². The van der Waals surface area contributed by atoms with E-state index in [2.05, 4.69) is 36.0 Å². The van der Waals surface area contributed by atoms with Crippen LogP contribution in [0.4, 0.5) is 0 Å². The zero-order valence-electron chi connectivity index (χ0n) is 10.6. The van der Waals surface area contributed by atoms with Crippen LogP contribution >= 0.6 is 0 Å². The first kappa shape index (κ1) is 12.9. The maximum absolute atomic E-state index is 3.28. The maximum Gasteiger partial charge on any atom is 0.0109 e. The molecule has 1 aliphatic heterocycles. The van der Waals surface area contributed by atoms with E-state index in [1.807, 2.05) is 0 Å². The summed E-state index contributed by atoms with van der Waals surface area (Å²) in [5.41, 5.74) is 0. The van der Waals surface area contributed by atoms with Gasteiger partial charge < -0.3 is 15.1 Å². The van der Waals surface area contributed by atoms with Crippen LogP contribution in [0.1, 0.15) is 20.3 Å². The molecule has 90 valence electrons. The summed E-state index contributed by atoms with van der Waals surface area (Å²) in [6.45, 7) is 13.1. The lowest BCUT2D eigenvalue weighted by molar-refractivity contribution is 0.236. The molecule has 1 N–H and O–H groups in total. The van der Waals surface area contributed by atoms with Gasteiger partial charge in [0.05, 0.1) is 0 Å². The fourth-order valence-electron chi connectivity index (χ4n) is 2.39. The molecule has 0 spiro atoms. The first-order valence-electron chi connectivity index (χ1n) is 6.39. The van der Waals surface area contributed by atoms with Crippen molar-refractivity contribution in [2.45, 2.75) is 20.3 Å². The van der Waals surface area contributed by atoms with Crippen molar-refractivity contribution in [2.75, 3.05) is 52.9 Å². The van der Waals surface area contributed by atoms with Gasteiger partial charge in [0.2, 0.25) is 0 Å². The van der Waals surface area contributed by atoms with Crippen LogP contribution in [-0.2, 0) is 0 Å². The molecule has 0 aromatic rings. The van der Waals surface area contributed by atoms with E-state index in [0.29, 0.717) is 0 Å². The number of hydrogen-bond acceptors (Lipinski definition) is 3. The van der Waals surface area contributed by atoms with Gasteiger partial charge in [0.1, 0.15) is 0 Å². The van der Waals surface area contributed by atoms with Crippen LogP contribution in [0.25, 0.3) is 0 Å². The molecule has 1 aliphatic rings. The minimum Gasteiger partial charge on any atom is -0.319 e. The van der Waals surface area contributed by atoms with Crippen molar-refractivity contribution in [2.24, 2.45) is 5.92 Å². The zero-order chi connectivity index (χ0) is 11.1. The van der Waals surface area contributed by atoms with Crippen LogP contribution in [0.2, 0.25) is 0 Å². The molecule has 0 aliphatic carbocycles. The van der Waals surface area contributed by atoms with Crippen molar-refractivity contribution < 1.29 is 0 Å². The van der Waals surface area contributed by atoms with E-state index >= 15 is 0 Å². The highest BCUT2D eigenvalue weighted by Crippen LogP contribution is 2.14. The molecule has 3 nitrogen and oxygen atoms in total. The maximum atomic E-state index is 3.28. The first-order chi connectivity index (χ1) is 7.30. The van der Waals surface area contributed by atoms with E-state index < -0.39 is 0 Å². The molecule has 0 saturated carbocycles. The van der Waals surface area contributed by atoms with Gasteiger partial charge in [-0.2, -0.15) is 0 Å². The predicted molar refractivity (Wildman–Crippen MR) is 66.3 cm³/mol. The highest BCUT2D eigenvalue weighted by molar-refractivity contribution is 4.77. The van der Waals surface area contributed by atoms with Crippen LogP contribution < -0.4 is 5.32 Å². The third-order valence-electron chi connectivity index (χ3n) is 3.49. The summed E-state index contributed by atoms with van der Waals surface area (Å²) in [6, 6.07) is 0. The molecule has 1 saturated heterocycles. The Hall–Kier alpha value is -0.120. The van der Waals surface area contributed by atoms with Crippen molar-refractivity contribution in [3.05, 3.63) is 0 Å². The quantitative estimate of drug-likeness (QED) is 0.677. The number of nitrogens with one attached hydrogen (secondary N) is 1. The molecule has 3 heteroatoms. The number of likely N-dealkylation sites (N-methyl/N-ethyl adjacent to an activating group) is 1. The van der Waals surface area contributed by atoms with Crippen molar-refractivity contribution in [3.8, 4) is 0 Å². The van der Waals surface area contributed by atoms with Gasteiger partial charge in [0.15, 0.2) is 0 Å². The highest BCUT2D eigenvalue weighted by atomic mass is 15.2. The minimum atomic E-state index is 0.881. The Kier molecular flexibility index (Phi) is 6.22. The van der Waals surface area contributed by atoms with E-state index in [1.54, 1.807) is 0 Å². The number of hydrogen-bond donors (Lipinski definition) is 1. The number of rotatable bonds is 7. The summed E-state index contributed by atoms with van der Waals surface area (Å²) < 4.78 is 0. The largest absolute Gasteiger partial charge is 0.319 e. The van der Waals surface area contributed by atoms with E-state index in [0.717, 1.165) is 5.92 Å². The molecule has 0 amide bonds. The molecule has 0 aromatic carbocycles. The van der Waals surface area contributed by atoms with E-state index in [9.17, 15) is 0 Å². The first-order valence-corrected chi connectivity index (χ1v) is 6.39. The van der Waals surface area contributed by atoms with Gasteiger partial charge in [-0.1, -0.05) is 13.8 Å². The highest BCUT2D eigenvalue weighted by Gasteiger charge is 2.21. The van der Waals surface area contributed by atoms with Gasteiger partial charge in [-0.15, -0.1) is 0 Å². The zero-order valence-corrected chi connectivity index (χ0v) is 10.6. The number of likely N-dealkylation sites (tertiary alicyclic amines) is 1. The Morgan fingerprint density at radius 2 is 2.07 bits per heavy atom. The second kappa shape index (κ2) is 7.20. The van der Waals surface area contributed by atoms with E-state index in [1.165, 1.54) is 52.2 Å². The molecule has 1 unspecified atom stereocenters. The van der Waals surface area contributed by atoms with Gasteiger partial charge in [-0.3, -0.25) is 0 Å². The van der Waals surface area contributed by atoms with Crippen molar-refractivity contribution in [1.29, 1.82) is 0 Å². The van der Waals surface area contributed by atoms with Crippen molar-refractivity contribution in [1.82, 2.24) is 15.1 Å². The van der Waals surface area contributed by atoms with Gasteiger partial charge in [-0.25, -0.2) is 0 Å². The van der Waals surface area contributed by atoms with Crippen LogP contribution in [0.3, 0.4) is 0 Å². The summed E-state index contributed by atoms with van der Waals surface area (Å²) in [7, 11) is 2.05. The molecule has 0 aromatic heterocycles. The molecule has 1 rings (SSSR count). The topological polar surface area (TPSA) is 18.5 Å². The molecular formula is C12H27N3. The monoisotopic (exact) mass is 213 g/mol. The van der Waals surface area contributed by atoms with Crippen molar-refractivity contribution in [3.63, 3.8) is 0 Å². The van der Waals surface area contributed by atoms with Crippen LogP contribution in [-0.4, -0.2) is 62.7 Å². The Morgan fingerprint density at radius 3 is 2.67 bits per heavy atom. The van der Waals surface area contributed by atoms with Gasteiger partial charge in [-0.05, 0) is 45.6 Å². The molecule has 1 fully saturated rings.